The molecule has 0 heterocycles. The van der Waals surface area contributed by atoms with Crippen LogP contribution < -0.4 is 11.5 Å². The highest BCUT2D eigenvalue weighted by Crippen LogP contribution is 2.43. The Kier molecular flexibility index (Phi) is 6.75. The third-order valence-electron chi connectivity index (χ3n) is 3.62. The van der Waals surface area contributed by atoms with Crippen LogP contribution in [0.1, 0.15) is 45.1 Å². The van der Waals surface area contributed by atoms with Gasteiger partial charge in [0.05, 0.1) is 5.25 Å². The van der Waals surface area contributed by atoms with Crippen LogP contribution in [0, 0.1) is 0 Å². The summed E-state index contributed by atoms with van der Waals surface area (Å²) in [4.78, 5) is 23.8. The molecule has 1 aromatic carbocycles. The normalized spacial score (nSPS) is 15.1. The van der Waals surface area contributed by atoms with Crippen LogP contribution in [0.5, 0.6) is 0 Å². The Morgan fingerprint density at radius 2 is 1.81 bits per heavy atom. The van der Waals surface area contributed by atoms with Gasteiger partial charge in [0.2, 0.25) is 11.8 Å². The van der Waals surface area contributed by atoms with Crippen LogP contribution in [-0.2, 0) is 14.3 Å². The zero-order valence-electron chi connectivity index (χ0n) is 12.7. The number of hydrogen-bond donors (Lipinski definition) is 2. The Morgan fingerprint density at radius 1 is 1.19 bits per heavy atom. The highest BCUT2D eigenvalue weighted by atomic mass is 32.2. The Morgan fingerprint density at radius 3 is 2.24 bits per heavy atom. The lowest BCUT2D eigenvalue weighted by Crippen LogP contribution is -2.41. The number of rotatable bonds is 9. The fourth-order valence-corrected chi connectivity index (χ4v) is 3.77. The lowest BCUT2D eigenvalue weighted by Gasteiger charge is -2.32. The van der Waals surface area contributed by atoms with E-state index in [1.54, 1.807) is 0 Å². The molecular formula is C16H24N2O2S. The zero-order chi connectivity index (χ0) is 15.9. The van der Waals surface area contributed by atoms with E-state index >= 15 is 0 Å². The topological polar surface area (TPSA) is 86.2 Å². The maximum Gasteiger partial charge on any atom is 0.238 e. The summed E-state index contributed by atoms with van der Waals surface area (Å²) < 4.78 is -0.908. The average molecular weight is 308 g/mol. The number of carbonyl (C=O) groups is 2. The Balaban J connectivity index is 3.13. The Labute approximate surface area is 130 Å². The van der Waals surface area contributed by atoms with Crippen molar-refractivity contribution in [1.29, 1.82) is 0 Å². The predicted octanol–water partition coefficient (Wildman–Crippen LogP) is 2.55. The Hall–Kier alpha value is -1.49. The van der Waals surface area contributed by atoms with Crippen LogP contribution in [0.2, 0.25) is 0 Å². The lowest BCUT2D eigenvalue weighted by molar-refractivity contribution is -0.120. The summed E-state index contributed by atoms with van der Waals surface area (Å²) in [5.74, 6) is -0.813. The minimum absolute atomic E-state index is 0.386. The van der Waals surface area contributed by atoms with Gasteiger partial charge in [-0.1, -0.05) is 57.0 Å². The summed E-state index contributed by atoms with van der Waals surface area (Å²) in [7, 11) is 0. The number of nitrogens with two attached hydrogens (primary N) is 2. The van der Waals surface area contributed by atoms with Crippen molar-refractivity contribution in [2.24, 2.45) is 11.5 Å². The predicted molar refractivity (Wildman–Crippen MR) is 87.7 cm³/mol. The van der Waals surface area contributed by atoms with E-state index in [9.17, 15) is 9.59 Å². The molecule has 0 aliphatic carbocycles. The maximum absolute atomic E-state index is 12.1. The molecule has 0 bridgehead atoms. The van der Waals surface area contributed by atoms with Gasteiger partial charge in [0.25, 0.3) is 0 Å². The first-order chi connectivity index (χ1) is 9.97. The minimum Gasteiger partial charge on any atom is -0.369 e. The molecule has 0 aromatic heterocycles. The quantitative estimate of drug-likeness (QED) is 0.735. The summed E-state index contributed by atoms with van der Waals surface area (Å²) in [6, 6.07) is 9.37. The van der Waals surface area contributed by atoms with Crippen LogP contribution in [0.25, 0.3) is 0 Å². The molecule has 21 heavy (non-hydrogen) atoms. The number of hydrogen-bond acceptors (Lipinski definition) is 3. The second-order valence-corrected chi connectivity index (χ2v) is 6.56. The van der Waals surface area contributed by atoms with E-state index in [0.29, 0.717) is 12.8 Å². The summed E-state index contributed by atoms with van der Waals surface area (Å²) in [6.07, 6.45) is 3.06. The van der Waals surface area contributed by atoms with Crippen LogP contribution in [0.15, 0.2) is 30.3 Å². The van der Waals surface area contributed by atoms with Gasteiger partial charge in [-0.05, 0) is 18.4 Å². The SMILES string of the molecule is CCCC[C@@H](S[C@@](CC)(C(N)=O)c1ccccc1)C(N)=O. The van der Waals surface area contributed by atoms with Gasteiger partial charge in [-0.25, -0.2) is 0 Å². The standard InChI is InChI=1S/C16H24N2O2S/c1-3-5-11-13(14(17)19)21-16(4-2,15(18)20)12-9-7-6-8-10-12/h6-10,13H,3-5,11H2,1-2H3,(H2,17,19)(H2,18,20)/t13-,16-/m1/s1. The summed E-state index contributed by atoms with van der Waals surface area (Å²) in [5, 5.41) is -0.405. The van der Waals surface area contributed by atoms with E-state index in [4.69, 9.17) is 11.5 Å². The van der Waals surface area contributed by atoms with Gasteiger partial charge in [-0.2, -0.15) is 0 Å². The van der Waals surface area contributed by atoms with Crippen molar-refractivity contribution in [3.63, 3.8) is 0 Å². The molecule has 0 saturated heterocycles. The largest absolute Gasteiger partial charge is 0.369 e. The third kappa shape index (κ3) is 4.24. The molecule has 1 aromatic rings. The van der Waals surface area contributed by atoms with Crippen molar-refractivity contribution >= 4 is 23.6 Å². The van der Waals surface area contributed by atoms with E-state index in [0.717, 1.165) is 18.4 Å². The van der Waals surface area contributed by atoms with Crippen molar-refractivity contribution in [1.82, 2.24) is 0 Å². The van der Waals surface area contributed by atoms with Crippen LogP contribution in [0.4, 0.5) is 0 Å². The molecule has 0 aliphatic rings. The average Bonchev–Trinajstić information content (AvgIpc) is 2.48. The third-order valence-corrected chi connectivity index (χ3v) is 5.50. The first kappa shape index (κ1) is 17.6. The molecular weight excluding hydrogens is 284 g/mol. The van der Waals surface area contributed by atoms with Gasteiger partial charge in [0.1, 0.15) is 4.75 Å². The number of carbonyl (C=O) groups excluding carboxylic acids is 2. The maximum atomic E-state index is 12.1. The van der Waals surface area contributed by atoms with Gasteiger partial charge in [-0.3, -0.25) is 9.59 Å². The number of thioether (sulfide) groups is 1. The molecule has 116 valence electrons. The van der Waals surface area contributed by atoms with E-state index in [1.807, 2.05) is 37.3 Å². The molecule has 4 nitrogen and oxygen atoms in total. The van der Waals surface area contributed by atoms with E-state index in [-0.39, 0.29) is 5.91 Å². The second kappa shape index (κ2) is 8.08. The van der Waals surface area contributed by atoms with Crippen LogP contribution in [-0.4, -0.2) is 17.1 Å². The van der Waals surface area contributed by atoms with E-state index in [1.165, 1.54) is 11.8 Å². The minimum atomic E-state index is -0.908. The van der Waals surface area contributed by atoms with Gasteiger partial charge in [-0.15, -0.1) is 11.8 Å². The van der Waals surface area contributed by atoms with Gasteiger partial charge < -0.3 is 11.5 Å². The number of amides is 2. The smallest absolute Gasteiger partial charge is 0.238 e. The molecule has 2 amide bonds. The van der Waals surface area contributed by atoms with Gasteiger partial charge >= 0.3 is 0 Å². The highest BCUT2D eigenvalue weighted by Gasteiger charge is 2.40. The molecule has 0 aliphatic heterocycles. The molecule has 0 unspecified atom stereocenters. The van der Waals surface area contributed by atoms with Crippen molar-refractivity contribution in [2.75, 3.05) is 0 Å². The molecule has 0 radical (unpaired) electrons. The van der Waals surface area contributed by atoms with Crippen LogP contribution in [0.3, 0.4) is 0 Å². The molecule has 1 rings (SSSR count). The number of benzene rings is 1. The highest BCUT2D eigenvalue weighted by molar-refractivity contribution is 8.02. The van der Waals surface area contributed by atoms with Crippen LogP contribution >= 0.6 is 11.8 Å². The molecule has 0 spiro atoms. The molecule has 0 saturated carbocycles. The van der Waals surface area contributed by atoms with Crippen molar-refractivity contribution in [3.05, 3.63) is 35.9 Å². The molecule has 5 heteroatoms. The van der Waals surface area contributed by atoms with Gasteiger partial charge in [0, 0.05) is 0 Å². The molecule has 4 N–H and O–H groups in total. The Bertz CT molecular complexity index is 478. The van der Waals surface area contributed by atoms with Crippen molar-refractivity contribution < 1.29 is 9.59 Å². The zero-order valence-corrected chi connectivity index (χ0v) is 13.5. The second-order valence-electron chi connectivity index (χ2n) is 5.06. The van der Waals surface area contributed by atoms with Crippen molar-refractivity contribution in [2.45, 2.75) is 49.5 Å². The summed E-state index contributed by atoms with van der Waals surface area (Å²) in [5.41, 5.74) is 12.0. The fourth-order valence-electron chi connectivity index (χ4n) is 2.33. The van der Waals surface area contributed by atoms with Gasteiger partial charge in [0.15, 0.2) is 0 Å². The first-order valence-corrected chi connectivity index (χ1v) is 8.18. The van der Waals surface area contributed by atoms with E-state index in [2.05, 4.69) is 6.92 Å². The number of unbranched alkanes of at least 4 members (excludes halogenated alkanes) is 1. The summed E-state index contributed by atoms with van der Waals surface area (Å²) in [6.45, 7) is 3.96. The molecule has 2 atom stereocenters. The molecule has 0 fully saturated rings. The monoisotopic (exact) mass is 308 g/mol. The van der Waals surface area contributed by atoms with E-state index < -0.39 is 15.9 Å². The van der Waals surface area contributed by atoms with Crippen molar-refractivity contribution in [3.8, 4) is 0 Å². The lowest BCUT2D eigenvalue weighted by atomic mass is 9.95. The number of primary amides is 2. The summed E-state index contributed by atoms with van der Waals surface area (Å²) >= 11 is 1.30. The fraction of sp³-hybridized carbons (Fsp3) is 0.500. The first-order valence-electron chi connectivity index (χ1n) is 7.30.